The molecule has 0 fully saturated rings. The molecular weight excluding hydrogens is 680 g/mol. The van der Waals surface area contributed by atoms with E-state index < -0.39 is 59.7 Å². The van der Waals surface area contributed by atoms with E-state index in [1.54, 1.807) is 24.3 Å². The molecule has 0 saturated carbocycles. The third kappa shape index (κ3) is 19.1. The Hall–Kier alpha value is -3.15. The number of carbonyl (C=O) groups is 3. The number of carbonyl (C=O) groups excluding carboxylic acids is 3. The SMILES string of the molecule is CCCCCCCC(F)(F)CCCCCCC=C[C@H](C(=O)N[C@@H](Cc1ccc(OCCCC)cc1)C(=O)NC)[C@@](O)(CC(F)F)C(=O)OC(C)(C)C. The lowest BCUT2D eigenvalue weighted by molar-refractivity contribution is -0.188. The lowest BCUT2D eigenvalue weighted by Crippen LogP contribution is -2.57. The summed E-state index contributed by atoms with van der Waals surface area (Å²) in [7, 11) is 1.38. The molecule has 0 aromatic heterocycles. The second-order valence-electron chi connectivity index (χ2n) is 14.6. The van der Waals surface area contributed by atoms with Gasteiger partial charge in [-0.1, -0.05) is 83.1 Å². The molecule has 0 bridgehead atoms. The molecule has 8 nitrogen and oxygen atoms in total. The summed E-state index contributed by atoms with van der Waals surface area (Å²) in [6.45, 7) is 9.20. The average Bonchev–Trinajstić information content (AvgIpc) is 3.06. The zero-order valence-corrected chi connectivity index (χ0v) is 32.2. The number of likely N-dealkylation sites (N-methyl/N-ethyl adjacent to an activating group) is 1. The first-order valence-electron chi connectivity index (χ1n) is 19.0. The van der Waals surface area contributed by atoms with Crippen molar-refractivity contribution in [2.75, 3.05) is 13.7 Å². The van der Waals surface area contributed by atoms with Crippen molar-refractivity contribution in [1.29, 1.82) is 0 Å². The van der Waals surface area contributed by atoms with E-state index in [2.05, 4.69) is 24.5 Å². The fraction of sp³-hybridized carbons (Fsp3) is 0.725. The van der Waals surface area contributed by atoms with Gasteiger partial charge in [0, 0.05) is 32.7 Å². The average molecular weight is 745 g/mol. The van der Waals surface area contributed by atoms with Gasteiger partial charge in [0.25, 0.3) is 0 Å². The van der Waals surface area contributed by atoms with Crippen molar-refractivity contribution in [1.82, 2.24) is 10.6 Å². The van der Waals surface area contributed by atoms with Gasteiger partial charge in [-0.05, 0) is 70.6 Å². The predicted octanol–water partition coefficient (Wildman–Crippen LogP) is 8.88. The highest BCUT2D eigenvalue weighted by Gasteiger charge is 2.51. The van der Waals surface area contributed by atoms with Gasteiger partial charge < -0.3 is 25.2 Å². The van der Waals surface area contributed by atoms with Crippen molar-refractivity contribution in [3.63, 3.8) is 0 Å². The van der Waals surface area contributed by atoms with Gasteiger partial charge in [0.2, 0.25) is 24.2 Å². The monoisotopic (exact) mass is 744 g/mol. The standard InChI is InChI=1S/C40H64F4N2O6/c1-7-9-11-15-18-25-39(43,44)26-19-16-13-12-14-17-20-32(40(50,29-34(41)42)37(49)52-38(3,4)5)35(47)46-33(36(48)45-6)28-30-21-23-31(24-22-30)51-27-10-8-2/h17,20-24,32-34,50H,7-16,18-19,25-29H2,1-6H3,(H,45,48)(H,46,47)/t32-,33+,40+/m1/s1. The van der Waals surface area contributed by atoms with Crippen LogP contribution in [0.25, 0.3) is 0 Å². The second-order valence-corrected chi connectivity index (χ2v) is 14.6. The summed E-state index contributed by atoms with van der Waals surface area (Å²) in [6.07, 6.45) is 6.56. The fourth-order valence-electron chi connectivity index (χ4n) is 5.68. The number of ether oxygens (including phenoxy) is 2. The molecule has 2 amide bonds. The van der Waals surface area contributed by atoms with E-state index in [4.69, 9.17) is 9.47 Å². The molecule has 1 rings (SSSR count). The fourth-order valence-corrected chi connectivity index (χ4v) is 5.68. The first-order valence-corrected chi connectivity index (χ1v) is 19.0. The van der Waals surface area contributed by atoms with Crippen molar-refractivity contribution < 1.29 is 46.5 Å². The number of rotatable bonds is 27. The number of hydrogen-bond acceptors (Lipinski definition) is 6. The molecular formula is C40H64F4N2O6. The summed E-state index contributed by atoms with van der Waals surface area (Å²) in [5.74, 6) is -6.88. The molecule has 1 aromatic rings. The lowest BCUT2D eigenvalue weighted by atomic mass is 9.82. The van der Waals surface area contributed by atoms with E-state index in [1.165, 1.54) is 40.0 Å². The predicted molar refractivity (Wildman–Crippen MR) is 197 cm³/mol. The van der Waals surface area contributed by atoms with Crippen LogP contribution in [0.3, 0.4) is 0 Å². The first-order chi connectivity index (χ1) is 24.5. The van der Waals surface area contributed by atoms with E-state index in [-0.39, 0.29) is 19.3 Å². The number of nitrogens with one attached hydrogen (secondary N) is 2. The minimum Gasteiger partial charge on any atom is -0.494 e. The molecule has 0 radical (unpaired) electrons. The van der Waals surface area contributed by atoms with Gasteiger partial charge in [-0.15, -0.1) is 0 Å². The largest absolute Gasteiger partial charge is 0.494 e. The molecule has 0 spiro atoms. The maximum Gasteiger partial charge on any atom is 0.340 e. The number of aliphatic hydroxyl groups is 1. The third-order valence-corrected chi connectivity index (χ3v) is 8.66. The van der Waals surface area contributed by atoms with Gasteiger partial charge >= 0.3 is 5.97 Å². The van der Waals surface area contributed by atoms with Crippen LogP contribution in [0.4, 0.5) is 17.6 Å². The quantitative estimate of drug-likeness (QED) is 0.0359. The van der Waals surface area contributed by atoms with E-state index in [0.29, 0.717) is 56.4 Å². The highest BCUT2D eigenvalue weighted by molar-refractivity contribution is 5.94. The number of benzene rings is 1. The second kappa shape index (κ2) is 24.2. The molecule has 0 aliphatic rings. The molecule has 0 aliphatic heterocycles. The topological polar surface area (TPSA) is 114 Å². The van der Waals surface area contributed by atoms with Crippen molar-refractivity contribution in [3.8, 4) is 5.75 Å². The third-order valence-electron chi connectivity index (χ3n) is 8.66. The molecule has 3 N–H and O–H groups in total. The van der Waals surface area contributed by atoms with Gasteiger partial charge in [0.05, 0.1) is 12.5 Å². The molecule has 0 aliphatic carbocycles. The Balaban J connectivity index is 3.10. The zero-order chi connectivity index (χ0) is 39.2. The maximum atomic E-state index is 14.3. The Kier molecular flexibility index (Phi) is 21.8. The van der Waals surface area contributed by atoms with Crippen molar-refractivity contribution >= 4 is 17.8 Å². The van der Waals surface area contributed by atoms with Crippen LogP contribution in [0, 0.1) is 5.92 Å². The van der Waals surface area contributed by atoms with Crippen molar-refractivity contribution in [3.05, 3.63) is 42.0 Å². The smallest absolute Gasteiger partial charge is 0.340 e. The van der Waals surface area contributed by atoms with Crippen LogP contribution in [-0.4, -0.2) is 66.1 Å². The van der Waals surface area contributed by atoms with Crippen LogP contribution in [0.5, 0.6) is 5.75 Å². The number of alkyl halides is 4. The molecule has 0 saturated heterocycles. The molecule has 12 heteroatoms. The number of hydrogen-bond donors (Lipinski definition) is 3. The Labute approximate surface area is 308 Å². The molecule has 298 valence electrons. The number of amides is 2. The Morgan fingerprint density at radius 1 is 0.846 bits per heavy atom. The summed E-state index contributed by atoms with van der Waals surface area (Å²) in [5, 5.41) is 16.6. The zero-order valence-electron chi connectivity index (χ0n) is 32.2. The van der Waals surface area contributed by atoms with Gasteiger partial charge in [-0.3, -0.25) is 9.59 Å². The molecule has 3 atom stereocenters. The number of esters is 1. The molecule has 0 unspecified atom stereocenters. The lowest BCUT2D eigenvalue weighted by Gasteiger charge is -2.34. The van der Waals surface area contributed by atoms with Gasteiger partial charge in [-0.25, -0.2) is 22.4 Å². The minimum atomic E-state index is -3.18. The summed E-state index contributed by atoms with van der Waals surface area (Å²) in [5.41, 5.74) is -3.46. The number of halogens is 4. The summed E-state index contributed by atoms with van der Waals surface area (Å²) < 4.78 is 67.3. The maximum absolute atomic E-state index is 14.3. The molecule has 52 heavy (non-hydrogen) atoms. The van der Waals surface area contributed by atoms with Crippen LogP contribution >= 0.6 is 0 Å². The van der Waals surface area contributed by atoms with Crippen LogP contribution in [-0.2, 0) is 25.5 Å². The summed E-state index contributed by atoms with van der Waals surface area (Å²) in [6, 6.07) is 5.78. The Morgan fingerprint density at radius 3 is 1.96 bits per heavy atom. The van der Waals surface area contributed by atoms with Gasteiger partial charge in [0.1, 0.15) is 17.4 Å². The van der Waals surface area contributed by atoms with Crippen LogP contribution < -0.4 is 15.4 Å². The van der Waals surface area contributed by atoms with Crippen molar-refractivity contribution in [2.24, 2.45) is 5.92 Å². The Morgan fingerprint density at radius 2 is 1.42 bits per heavy atom. The van der Waals surface area contributed by atoms with Crippen LogP contribution in [0.1, 0.15) is 136 Å². The summed E-state index contributed by atoms with van der Waals surface area (Å²) >= 11 is 0. The highest BCUT2D eigenvalue weighted by atomic mass is 19.3. The number of unbranched alkanes of at least 4 members (excludes halogenated alkanes) is 9. The van der Waals surface area contributed by atoms with E-state index in [1.807, 2.05) is 0 Å². The van der Waals surface area contributed by atoms with Gasteiger partial charge in [-0.2, -0.15) is 0 Å². The normalized spacial score (nSPS) is 14.5. The van der Waals surface area contributed by atoms with E-state index >= 15 is 0 Å². The highest BCUT2D eigenvalue weighted by Crippen LogP contribution is 2.32. The molecule has 0 heterocycles. The number of allylic oxidation sites excluding steroid dienone is 1. The van der Waals surface area contributed by atoms with Crippen LogP contribution in [0.2, 0.25) is 0 Å². The summed E-state index contributed by atoms with van der Waals surface area (Å²) in [4.78, 5) is 40.0. The first kappa shape index (κ1) is 46.9. The Bertz CT molecular complexity index is 1210. The van der Waals surface area contributed by atoms with Crippen LogP contribution in [0.15, 0.2) is 36.4 Å². The molecule has 1 aromatic carbocycles. The van der Waals surface area contributed by atoms with Gasteiger partial charge in [0.15, 0.2) is 5.60 Å². The van der Waals surface area contributed by atoms with E-state index in [0.717, 1.165) is 38.5 Å². The van der Waals surface area contributed by atoms with Crippen molar-refractivity contribution in [2.45, 2.75) is 167 Å². The van der Waals surface area contributed by atoms with E-state index in [9.17, 15) is 37.1 Å². The minimum absolute atomic E-state index is 0.0225.